The molecule has 0 atom stereocenters. The molecule has 0 aliphatic heterocycles. The van der Waals surface area contributed by atoms with Crippen molar-refractivity contribution < 1.29 is 17.6 Å². The number of hydrogen-bond acceptors (Lipinski definition) is 4. The minimum Gasteiger partial charge on any atom is -0.322 e. The predicted molar refractivity (Wildman–Crippen MR) is 110 cm³/mol. The number of carbonyl (C=O) groups excluding carboxylic acids is 1. The third-order valence-corrected chi connectivity index (χ3v) is 4.89. The number of carbonyl (C=O) groups is 1. The Morgan fingerprint density at radius 3 is 2.48 bits per heavy atom. The van der Waals surface area contributed by atoms with Gasteiger partial charge in [-0.05, 0) is 37.6 Å². The van der Waals surface area contributed by atoms with Crippen molar-refractivity contribution in [1.82, 2.24) is 9.78 Å². The van der Waals surface area contributed by atoms with Gasteiger partial charge in [0.25, 0.3) is 5.91 Å². The molecular weight excluding hydrogens is 395 g/mol. The Labute approximate surface area is 168 Å². The van der Waals surface area contributed by atoms with E-state index in [-0.39, 0.29) is 11.4 Å². The summed E-state index contributed by atoms with van der Waals surface area (Å²) in [6, 6.07) is 13.4. The Bertz CT molecular complexity index is 1160. The van der Waals surface area contributed by atoms with Crippen molar-refractivity contribution in [1.29, 1.82) is 0 Å². The van der Waals surface area contributed by atoms with E-state index in [0.717, 1.165) is 17.9 Å². The van der Waals surface area contributed by atoms with Gasteiger partial charge in [-0.3, -0.25) is 14.2 Å². The largest absolute Gasteiger partial charge is 0.322 e. The number of rotatable bonds is 6. The van der Waals surface area contributed by atoms with Gasteiger partial charge in [0.2, 0.25) is 10.0 Å². The lowest BCUT2D eigenvalue weighted by Crippen LogP contribution is -2.15. The molecule has 0 saturated carbocycles. The second-order valence-corrected chi connectivity index (χ2v) is 8.46. The average Bonchev–Trinajstić information content (AvgIpc) is 2.91. The Morgan fingerprint density at radius 2 is 1.83 bits per heavy atom. The monoisotopic (exact) mass is 416 g/mol. The van der Waals surface area contributed by atoms with Crippen LogP contribution in [0.1, 0.15) is 27.3 Å². The van der Waals surface area contributed by atoms with E-state index in [1.165, 1.54) is 12.1 Å². The summed E-state index contributed by atoms with van der Waals surface area (Å²) in [5.74, 6) is -1.15. The van der Waals surface area contributed by atoms with E-state index in [9.17, 15) is 17.6 Å². The number of nitrogens with one attached hydrogen (secondary N) is 2. The third kappa shape index (κ3) is 5.00. The fraction of sp³-hybridized carbons (Fsp3) is 0.200. The lowest BCUT2D eigenvalue weighted by Gasteiger charge is -2.10. The van der Waals surface area contributed by atoms with Crippen LogP contribution in [0.15, 0.2) is 48.5 Å². The zero-order chi connectivity index (χ0) is 21.2. The van der Waals surface area contributed by atoms with Crippen LogP contribution in [-0.4, -0.2) is 30.4 Å². The molecule has 2 aromatic carbocycles. The van der Waals surface area contributed by atoms with Gasteiger partial charge in [-0.2, -0.15) is 5.10 Å². The molecule has 0 aliphatic rings. The number of halogens is 1. The molecule has 9 heteroatoms. The van der Waals surface area contributed by atoms with Gasteiger partial charge < -0.3 is 5.32 Å². The minimum absolute atomic E-state index is 0.237. The first kappa shape index (κ1) is 20.5. The molecule has 152 valence electrons. The maximum absolute atomic E-state index is 13.8. The fourth-order valence-corrected chi connectivity index (χ4v) is 3.57. The molecule has 7 nitrogen and oxygen atoms in total. The van der Waals surface area contributed by atoms with Crippen molar-refractivity contribution in [2.24, 2.45) is 0 Å². The molecule has 0 unspecified atom stereocenters. The van der Waals surface area contributed by atoms with Gasteiger partial charge in [0.1, 0.15) is 5.82 Å². The summed E-state index contributed by atoms with van der Waals surface area (Å²) in [7, 11) is -3.65. The number of anilines is 2. The Morgan fingerprint density at radius 1 is 1.14 bits per heavy atom. The fourth-order valence-electron chi connectivity index (χ4n) is 3.01. The van der Waals surface area contributed by atoms with Crippen molar-refractivity contribution in [3.05, 3.63) is 76.9 Å². The maximum atomic E-state index is 13.8. The number of aromatic nitrogens is 2. The first-order chi connectivity index (χ1) is 13.6. The first-order valence-electron chi connectivity index (χ1n) is 8.80. The standard InChI is InChI=1S/C20H21FN4O3S/c1-13-19(14(2)25(23-13)12-15-7-5-4-6-8-15)20(26)22-16-9-10-17(21)18(11-16)24-29(3,27)28/h4-11,24H,12H2,1-3H3,(H,22,26). The van der Waals surface area contributed by atoms with Crippen molar-refractivity contribution in [3.8, 4) is 0 Å². The molecule has 1 heterocycles. The van der Waals surface area contributed by atoms with Gasteiger partial charge in [-0.1, -0.05) is 30.3 Å². The number of hydrogen-bond donors (Lipinski definition) is 2. The molecule has 0 saturated heterocycles. The van der Waals surface area contributed by atoms with Crippen molar-refractivity contribution in [2.75, 3.05) is 16.3 Å². The minimum atomic E-state index is -3.65. The van der Waals surface area contributed by atoms with Crippen molar-refractivity contribution >= 4 is 27.3 Å². The number of amides is 1. The quantitative estimate of drug-likeness (QED) is 0.645. The number of sulfonamides is 1. The highest BCUT2D eigenvalue weighted by atomic mass is 32.2. The Balaban J connectivity index is 1.84. The third-order valence-electron chi connectivity index (χ3n) is 4.30. The normalized spacial score (nSPS) is 11.3. The molecule has 0 radical (unpaired) electrons. The molecule has 0 bridgehead atoms. The van der Waals surface area contributed by atoms with Crippen LogP contribution in [-0.2, 0) is 16.6 Å². The summed E-state index contributed by atoms with van der Waals surface area (Å²) in [4.78, 5) is 12.8. The van der Waals surface area contributed by atoms with E-state index in [1.54, 1.807) is 18.5 Å². The molecule has 3 aromatic rings. The highest BCUT2D eigenvalue weighted by Crippen LogP contribution is 2.22. The van der Waals surface area contributed by atoms with E-state index in [1.807, 2.05) is 30.3 Å². The second kappa shape index (κ2) is 8.04. The van der Waals surface area contributed by atoms with E-state index in [4.69, 9.17) is 0 Å². The van der Waals surface area contributed by atoms with Gasteiger partial charge in [-0.25, -0.2) is 12.8 Å². The molecule has 3 rings (SSSR count). The smallest absolute Gasteiger partial charge is 0.259 e. The zero-order valence-electron chi connectivity index (χ0n) is 16.2. The number of aryl methyl sites for hydroxylation is 1. The van der Waals surface area contributed by atoms with Crippen LogP contribution in [0.2, 0.25) is 0 Å². The summed E-state index contributed by atoms with van der Waals surface area (Å²) in [5, 5.41) is 7.13. The van der Waals surface area contributed by atoms with Gasteiger partial charge in [-0.15, -0.1) is 0 Å². The van der Waals surface area contributed by atoms with Crippen LogP contribution in [0, 0.1) is 19.7 Å². The first-order valence-corrected chi connectivity index (χ1v) is 10.7. The summed E-state index contributed by atoms with van der Waals surface area (Å²) in [6.07, 6.45) is 0.922. The van der Waals surface area contributed by atoms with E-state index in [0.29, 0.717) is 23.5 Å². The van der Waals surface area contributed by atoms with Crippen LogP contribution < -0.4 is 10.0 Å². The molecule has 0 fully saturated rings. The van der Waals surface area contributed by atoms with E-state index < -0.39 is 21.7 Å². The molecule has 29 heavy (non-hydrogen) atoms. The van der Waals surface area contributed by atoms with Crippen molar-refractivity contribution in [3.63, 3.8) is 0 Å². The van der Waals surface area contributed by atoms with E-state index >= 15 is 0 Å². The van der Waals surface area contributed by atoms with Crippen LogP contribution in [0.3, 0.4) is 0 Å². The van der Waals surface area contributed by atoms with Gasteiger partial charge in [0.05, 0.1) is 29.7 Å². The van der Waals surface area contributed by atoms with Crippen LogP contribution in [0.4, 0.5) is 15.8 Å². The summed E-state index contributed by atoms with van der Waals surface area (Å²) in [6.45, 7) is 4.07. The molecule has 1 amide bonds. The van der Waals surface area contributed by atoms with Gasteiger partial charge in [0, 0.05) is 11.4 Å². The molecular formula is C20H21FN4O3S. The lowest BCUT2D eigenvalue weighted by molar-refractivity contribution is 0.102. The topological polar surface area (TPSA) is 93.1 Å². The number of nitrogens with zero attached hydrogens (tertiary/aromatic N) is 2. The summed E-state index contributed by atoms with van der Waals surface area (Å²) < 4.78 is 40.4. The Kier molecular flexibility index (Phi) is 5.69. The molecule has 2 N–H and O–H groups in total. The van der Waals surface area contributed by atoms with Gasteiger partial charge >= 0.3 is 0 Å². The molecule has 0 spiro atoms. The second-order valence-electron chi connectivity index (χ2n) is 6.71. The lowest BCUT2D eigenvalue weighted by atomic mass is 10.1. The maximum Gasteiger partial charge on any atom is 0.259 e. The average molecular weight is 416 g/mol. The Hall–Kier alpha value is -3.20. The zero-order valence-corrected chi connectivity index (χ0v) is 17.0. The summed E-state index contributed by atoms with van der Waals surface area (Å²) in [5.41, 5.74) is 2.76. The summed E-state index contributed by atoms with van der Waals surface area (Å²) >= 11 is 0. The van der Waals surface area contributed by atoms with Crippen LogP contribution >= 0.6 is 0 Å². The van der Waals surface area contributed by atoms with Crippen LogP contribution in [0.25, 0.3) is 0 Å². The van der Waals surface area contributed by atoms with E-state index in [2.05, 4.69) is 15.1 Å². The van der Waals surface area contributed by atoms with Gasteiger partial charge in [0.15, 0.2) is 0 Å². The molecule has 1 aromatic heterocycles. The number of benzene rings is 2. The molecule has 0 aliphatic carbocycles. The van der Waals surface area contributed by atoms with Crippen LogP contribution in [0.5, 0.6) is 0 Å². The van der Waals surface area contributed by atoms with Crippen molar-refractivity contribution in [2.45, 2.75) is 20.4 Å². The highest BCUT2D eigenvalue weighted by Gasteiger charge is 2.19. The predicted octanol–water partition coefficient (Wildman–Crippen LogP) is 3.31. The highest BCUT2D eigenvalue weighted by molar-refractivity contribution is 7.92. The SMILES string of the molecule is Cc1nn(Cc2ccccc2)c(C)c1C(=O)Nc1ccc(F)c(NS(C)(=O)=O)c1.